The molecule has 1 heterocycles. The van der Waals surface area contributed by atoms with Gasteiger partial charge in [-0.3, -0.25) is 10.1 Å². The van der Waals surface area contributed by atoms with E-state index >= 15 is 0 Å². The van der Waals surface area contributed by atoms with Crippen LogP contribution in [0.25, 0.3) is 0 Å². The third-order valence-electron chi connectivity index (χ3n) is 1.52. The molecular formula is C7H9FN2O2S. The van der Waals surface area contributed by atoms with Crippen molar-refractivity contribution in [2.45, 2.75) is 12.6 Å². The molecular weight excluding hydrogens is 195 g/mol. The largest absolute Gasteiger partial charge is 0.330 e. The Kier molecular flexibility index (Phi) is 3.32. The van der Waals surface area contributed by atoms with Gasteiger partial charge in [0.25, 0.3) is 0 Å². The monoisotopic (exact) mass is 204 g/mol. The summed E-state index contributed by atoms with van der Waals surface area (Å²) < 4.78 is 13.1. The smallest absolute Gasteiger partial charge is 0.324 e. The molecule has 13 heavy (non-hydrogen) atoms. The number of alkyl halides is 1. The van der Waals surface area contributed by atoms with Crippen molar-refractivity contribution < 1.29 is 9.31 Å². The zero-order valence-electron chi connectivity index (χ0n) is 6.77. The van der Waals surface area contributed by atoms with Crippen molar-refractivity contribution in [1.82, 2.24) is 0 Å². The lowest BCUT2D eigenvalue weighted by molar-refractivity contribution is -0.380. The van der Waals surface area contributed by atoms with E-state index in [2.05, 4.69) is 0 Å². The van der Waals surface area contributed by atoms with Crippen LogP contribution in [-0.4, -0.2) is 11.5 Å². The summed E-state index contributed by atoms with van der Waals surface area (Å²) in [7, 11) is 0. The maximum Gasteiger partial charge on any atom is 0.324 e. The van der Waals surface area contributed by atoms with Gasteiger partial charge in [0.15, 0.2) is 0 Å². The minimum atomic E-state index is -1.18. The second kappa shape index (κ2) is 4.29. The fourth-order valence-corrected chi connectivity index (χ4v) is 1.73. The standard InChI is InChI=1S/C7H9FN2O2S/c8-5(3-4-9)6-1-2-7(13-6)10(11)12/h1-2,5H,3-4,9H2. The van der Waals surface area contributed by atoms with E-state index in [0.717, 1.165) is 11.3 Å². The minimum Gasteiger partial charge on any atom is -0.330 e. The van der Waals surface area contributed by atoms with Gasteiger partial charge in [0.1, 0.15) is 6.17 Å². The van der Waals surface area contributed by atoms with Gasteiger partial charge >= 0.3 is 5.00 Å². The number of hydrogen-bond acceptors (Lipinski definition) is 4. The minimum absolute atomic E-state index is 0.0327. The van der Waals surface area contributed by atoms with Crippen LogP contribution >= 0.6 is 11.3 Å². The fourth-order valence-electron chi connectivity index (χ4n) is 0.897. The molecule has 0 radical (unpaired) electrons. The van der Waals surface area contributed by atoms with Crippen molar-refractivity contribution in [2.24, 2.45) is 5.73 Å². The van der Waals surface area contributed by atoms with Crippen LogP contribution < -0.4 is 5.73 Å². The number of halogens is 1. The van der Waals surface area contributed by atoms with Crippen LogP contribution in [0.2, 0.25) is 0 Å². The van der Waals surface area contributed by atoms with E-state index in [9.17, 15) is 14.5 Å². The Morgan fingerprint density at radius 2 is 2.38 bits per heavy atom. The highest BCUT2D eigenvalue weighted by atomic mass is 32.1. The molecule has 0 spiro atoms. The van der Waals surface area contributed by atoms with Crippen LogP contribution in [0.1, 0.15) is 17.5 Å². The Bertz CT molecular complexity index is 302. The zero-order chi connectivity index (χ0) is 9.84. The van der Waals surface area contributed by atoms with E-state index in [1.807, 2.05) is 0 Å². The normalized spacial score (nSPS) is 12.8. The Balaban J connectivity index is 2.73. The molecule has 6 heteroatoms. The van der Waals surface area contributed by atoms with E-state index in [-0.39, 0.29) is 18.0 Å². The highest BCUT2D eigenvalue weighted by Crippen LogP contribution is 2.32. The predicted octanol–water partition coefficient (Wildman–Crippen LogP) is 2.02. The van der Waals surface area contributed by atoms with E-state index in [1.165, 1.54) is 12.1 Å². The molecule has 0 saturated carbocycles. The SMILES string of the molecule is NCCC(F)c1ccc([N+](=O)[O-])s1. The van der Waals surface area contributed by atoms with Gasteiger partial charge < -0.3 is 5.73 Å². The molecule has 1 aromatic rings. The van der Waals surface area contributed by atoms with Crippen molar-refractivity contribution >= 4 is 16.3 Å². The number of hydrogen-bond donors (Lipinski definition) is 1. The van der Waals surface area contributed by atoms with E-state index in [4.69, 9.17) is 5.73 Å². The van der Waals surface area contributed by atoms with Crippen LogP contribution in [0.5, 0.6) is 0 Å². The third-order valence-corrected chi connectivity index (χ3v) is 2.64. The van der Waals surface area contributed by atoms with E-state index < -0.39 is 11.1 Å². The molecule has 1 rings (SSSR count). The lowest BCUT2D eigenvalue weighted by atomic mass is 10.2. The topological polar surface area (TPSA) is 69.2 Å². The van der Waals surface area contributed by atoms with Crippen LogP contribution in [0.3, 0.4) is 0 Å². The summed E-state index contributed by atoms with van der Waals surface area (Å²) >= 11 is 0.859. The molecule has 2 N–H and O–H groups in total. The summed E-state index contributed by atoms with van der Waals surface area (Å²) in [4.78, 5) is 10.1. The molecule has 0 aliphatic rings. The molecule has 0 bridgehead atoms. The molecule has 1 unspecified atom stereocenters. The first kappa shape index (κ1) is 10.1. The van der Waals surface area contributed by atoms with Gasteiger partial charge in [-0.2, -0.15) is 0 Å². The van der Waals surface area contributed by atoms with Gasteiger partial charge in [-0.1, -0.05) is 11.3 Å². The Labute approximate surface area is 78.3 Å². The molecule has 1 aromatic heterocycles. The second-order valence-electron chi connectivity index (χ2n) is 2.48. The summed E-state index contributed by atoms with van der Waals surface area (Å²) in [6.45, 7) is 0.243. The average Bonchev–Trinajstić information content (AvgIpc) is 2.52. The Hall–Kier alpha value is -1.01. The first-order valence-electron chi connectivity index (χ1n) is 3.73. The van der Waals surface area contributed by atoms with Crippen molar-refractivity contribution in [1.29, 1.82) is 0 Å². The first-order chi connectivity index (χ1) is 6.15. The molecule has 0 amide bonds. The highest BCUT2D eigenvalue weighted by molar-refractivity contribution is 7.15. The first-order valence-corrected chi connectivity index (χ1v) is 4.55. The third kappa shape index (κ3) is 2.46. The van der Waals surface area contributed by atoms with Gasteiger partial charge in [0.05, 0.1) is 4.92 Å². The number of nitrogens with zero attached hydrogens (tertiary/aromatic N) is 1. The average molecular weight is 204 g/mol. The lowest BCUT2D eigenvalue weighted by Gasteiger charge is -2.00. The molecule has 0 aromatic carbocycles. The summed E-state index contributed by atoms with van der Waals surface area (Å²) in [5, 5.41) is 10.2. The molecule has 0 fully saturated rings. The number of nitrogens with two attached hydrogens (primary N) is 1. The molecule has 1 atom stereocenters. The molecule has 72 valence electrons. The molecule has 0 aliphatic carbocycles. The van der Waals surface area contributed by atoms with Crippen LogP contribution in [-0.2, 0) is 0 Å². The van der Waals surface area contributed by atoms with Crippen molar-refractivity contribution in [2.75, 3.05) is 6.54 Å². The van der Waals surface area contributed by atoms with Crippen molar-refractivity contribution in [3.8, 4) is 0 Å². The summed E-state index contributed by atoms with van der Waals surface area (Å²) in [5.74, 6) is 0. The Morgan fingerprint density at radius 1 is 1.69 bits per heavy atom. The maximum absolute atomic E-state index is 13.1. The van der Waals surface area contributed by atoms with E-state index in [1.54, 1.807) is 0 Å². The number of rotatable bonds is 4. The maximum atomic E-state index is 13.1. The summed E-state index contributed by atoms with van der Waals surface area (Å²) in [6.07, 6.45) is -0.971. The number of thiophene rings is 1. The quantitative estimate of drug-likeness (QED) is 0.602. The lowest BCUT2D eigenvalue weighted by Crippen LogP contribution is -2.02. The van der Waals surface area contributed by atoms with Gasteiger partial charge in [-0.25, -0.2) is 4.39 Å². The van der Waals surface area contributed by atoms with Crippen molar-refractivity contribution in [3.63, 3.8) is 0 Å². The highest BCUT2D eigenvalue weighted by Gasteiger charge is 2.16. The predicted molar refractivity (Wildman–Crippen MR) is 48.5 cm³/mol. The van der Waals surface area contributed by atoms with Crippen LogP contribution in [0, 0.1) is 10.1 Å². The van der Waals surface area contributed by atoms with Crippen LogP contribution in [0.15, 0.2) is 12.1 Å². The van der Waals surface area contributed by atoms with Gasteiger partial charge in [-0.05, 0) is 19.0 Å². The summed E-state index contributed by atoms with van der Waals surface area (Å²) in [5.41, 5.74) is 5.16. The van der Waals surface area contributed by atoms with Crippen molar-refractivity contribution in [3.05, 3.63) is 27.1 Å². The Morgan fingerprint density at radius 3 is 2.85 bits per heavy atom. The molecule has 0 aliphatic heterocycles. The molecule has 0 saturated heterocycles. The van der Waals surface area contributed by atoms with Gasteiger partial charge in [-0.15, -0.1) is 0 Å². The molecule has 4 nitrogen and oxygen atoms in total. The number of nitro groups is 1. The van der Waals surface area contributed by atoms with Gasteiger partial charge in [0.2, 0.25) is 0 Å². The zero-order valence-corrected chi connectivity index (χ0v) is 7.59. The fraction of sp³-hybridized carbons (Fsp3) is 0.429. The van der Waals surface area contributed by atoms with E-state index in [0.29, 0.717) is 4.88 Å². The van der Waals surface area contributed by atoms with Gasteiger partial charge in [0, 0.05) is 10.9 Å². The van der Waals surface area contributed by atoms with Crippen LogP contribution in [0.4, 0.5) is 9.39 Å². The summed E-state index contributed by atoms with van der Waals surface area (Å²) in [6, 6.07) is 2.74. The second-order valence-corrected chi connectivity index (χ2v) is 3.57.